The number of hydrogen-bond acceptors (Lipinski definition) is 2. The van der Waals surface area contributed by atoms with Crippen molar-refractivity contribution >= 4 is 15.9 Å². The predicted molar refractivity (Wildman–Crippen MR) is 65.6 cm³/mol. The van der Waals surface area contributed by atoms with Crippen molar-refractivity contribution in [1.29, 1.82) is 0 Å². The van der Waals surface area contributed by atoms with E-state index >= 15 is 0 Å². The minimum Gasteiger partial charge on any atom is -0.495 e. The van der Waals surface area contributed by atoms with E-state index in [2.05, 4.69) is 22.0 Å². The van der Waals surface area contributed by atoms with E-state index in [-0.39, 0.29) is 6.10 Å². The zero-order valence-corrected chi connectivity index (χ0v) is 11.2. The number of rotatable bonds is 3. The van der Waals surface area contributed by atoms with E-state index in [9.17, 15) is 5.11 Å². The van der Waals surface area contributed by atoms with Gasteiger partial charge in [-0.15, -0.1) is 0 Å². The van der Waals surface area contributed by atoms with E-state index in [1.165, 1.54) is 0 Å². The van der Waals surface area contributed by atoms with Crippen molar-refractivity contribution in [2.45, 2.75) is 33.3 Å². The van der Waals surface area contributed by atoms with Crippen LogP contribution in [0.3, 0.4) is 0 Å². The highest BCUT2D eigenvalue weighted by Gasteiger charge is 2.14. The van der Waals surface area contributed by atoms with Crippen LogP contribution >= 0.6 is 15.9 Å². The lowest BCUT2D eigenvalue weighted by atomic mass is 9.99. The van der Waals surface area contributed by atoms with Crippen molar-refractivity contribution in [3.05, 3.63) is 27.2 Å². The third-order valence-corrected chi connectivity index (χ3v) is 3.42. The van der Waals surface area contributed by atoms with Crippen molar-refractivity contribution in [2.24, 2.45) is 0 Å². The molecule has 3 heteroatoms. The third-order valence-electron chi connectivity index (χ3n) is 2.43. The van der Waals surface area contributed by atoms with Crippen molar-refractivity contribution < 1.29 is 9.84 Å². The van der Waals surface area contributed by atoms with Gasteiger partial charge in [0.05, 0.1) is 17.7 Å². The Balaban J connectivity index is 3.29. The van der Waals surface area contributed by atoms with E-state index in [1.807, 2.05) is 13.8 Å². The van der Waals surface area contributed by atoms with Crippen molar-refractivity contribution in [3.63, 3.8) is 0 Å². The summed E-state index contributed by atoms with van der Waals surface area (Å²) in [5.74, 6) is 0.841. The molecule has 1 aromatic carbocycles. The van der Waals surface area contributed by atoms with Gasteiger partial charge in [-0.25, -0.2) is 0 Å². The van der Waals surface area contributed by atoms with Gasteiger partial charge >= 0.3 is 0 Å². The lowest BCUT2D eigenvalue weighted by Gasteiger charge is -2.16. The number of benzene rings is 1. The van der Waals surface area contributed by atoms with Gasteiger partial charge < -0.3 is 9.84 Å². The molecule has 1 atom stereocenters. The largest absolute Gasteiger partial charge is 0.495 e. The summed E-state index contributed by atoms with van der Waals surface area (Å²) in [5, 5.41) is 9.44. The molecule has 0 heterocycles. The maximum Gasteiger partial charge on any atom is 0.136 e. The molecular formula is C12H17BrO2. The Labute approximate surface area is 99.4 Å². The lowest BCUT2D eigenvalue weighted by molar-refractivity contribution is 0.194. The molecule has 0 bridgehead atoms. The quantitative estimate of drug-likeness (QED) is 0.917. The Kier molecular flexibility index (Phi) is 4.17. The molecule has 1 rings (SSSR count). The van der Waals surface area contributed by atoms with Crippen LogP contribution in [0.25, 0.3) is 0 Å². The molecule has 0 amide bonds. The third kappa shape index (κ3) is 2.73. The number of methoxy groups -OCH3 is 1. The molecular weight excluding hydrogens is 256 g/mol. The normalized spacial score (nSPS) is 12.7. The zero-order chi connectivity index (χ0) is 11.6. The summed E-state index contributed by atoms with van der Waals surface area (Å²) in [6.07, 6.45) is 0.264. The molecule has 84 valence electrons. The van der Waals surface area contributed by atoms with Crippen LogP contribution in [0.4, 0.5) is 0 Å². The van der Waals surface area contributed by atoms with Crippen LogP contribution in [-0.2, 0) is 6.42 Å². The van der Waals surface area contributed by atoms with Crippen LogP contribution in [0.1, 0.15) is 23.6 Å². The fourth-order valence-corrected chi connectivity index (χ4v) is 2.24. The number of halogens is 1. The second kappa shape index (κ2) is 4.99. The molecule has 0 spiro atoms. The van der Waals surface area contributed by atoms with Gasteiger partial charge in [-0.05, 0) is 47.8 Å². The highest BCUT2D eigenvalue weighted by Crippen LogP contribution is 2.35. The van der Waals surface area contributed by atoms with E-state index in [0.29, 0.717) is 6.42 Å². The summed E-state index contributed by atoms with van der Waals surface area (Å²) < 4.78 is 6.36. The van der Waals surface area contributed by atoms with Gasteiger partial charge in [0, 0.05) is 12.0 Å². The smallest absolute Gasteiger partial charge is 0.136 e. The molecule has 0 aliphatic carbocycles. The fourth-order valence-electron chi connectivity index (χ4n) is 1.73. The number of hydrogen-bond donors (Lipinski definition) is 1. The maximum absolute atomic E-state index is 9.44. The van der Waals surface area contributed by atoms with E-state index < -0.39 is 0 Å². The fraction of sp³-hybridized carbons (Fsp3) is 0.500. The first-order valence-corrected chi connectivity index (χ1v) is 5.77. The summed E-state index contributed by atoms with van der Waals surface area (Å²) in [4.78, 5) is 0. The molecule has 0 aliphatic heterocycles. The molecule has 0 fully saturated rings. The Morgan fingerprint density at radius 1 is 1.40 bits per heavy atom. The molecule has 1 aromatic rings. The monoisotopic (exact) mass is 272 g/mol. The number of ether oxygens (including phenoxy) is 1. The van der Waals surface area contributed by atoms with E-state index in [0.717, 1.165) is 26.9 Å². The summed E-state index contributed by atoms with van der Waals surface area (Å²) in [5.41, 5.74) is 3.39. The number of aryl methyl sites for hydroxylation is 2. The average Bonchev–Trinajstić information content (AvgIpc) is 2.14. The summed E-state index contributed by atoms with van der Waals surface area (Å²) in [7, 11) is 1.66. The van der Waals surface area contributed by atoms with E-state index in [1.54, 1.807) is 14.0 Å². The molecule has 0 radical (unpaired) electrons. The van der Waals surface area contributed by atoms with Gasteiger partial charge in [0.15, 0.2) is 0 Å². The Hall–Kier alpha value is -0.540. The van der Waals surface area contributed by atoms with Crippen LogP contribution < -0.4 is 4.74 Å². The van der Waals surface area contributed by atoms with E-state index in [4.69, 9.17) is 4.74 Å². The first kappa shape index (κ1) is 12.5. The molecule has 2 nitrogen and oxygen atoms in total. The SMILES string of the molecule is COc1c(Br)c(C)cc(C)c1CC(C)O. The molecule has 0 aromatic heterocycles. The summed E-state index contributed by atoms with van der Waals surface area (Å²) in [6, 6.07) is 2.10. The van der Waals surface area contributed by atoms with Gasteiger partial charge in [0.1, 0.15) is 5.75 Å². The van der Waals surface area contributed by atoms with Gasteiger partial charge in [-0.3, -0.25) is 0 Å². The van der Waals surface area contributed by atoms with Gasteiger partial charge in [0.25, 0.3) is 0 Å². The second-order valence-electron chi connectivity index (χ2n) is 3.89. The number of aliphatic hydroxyl groups excluding tert-OH is 1. The summed E-state index contributed by atoms with van der Waals surface area (Å²) in [6.45, 7) is 5.86. The van der Waals surface area contributed by atoms with Crippen molar-refractivity contribution in [1.82, 2.24) is 0 Å². The number of aliphatic hydroxyl groups is 1. The zero-order valence-electron chi connectivity index (χ0n) is 9.60. The van der Waals surface area contributed by atoms with Crippen molar-refractivity contribution in [3.8, 4) is 5.75 Å². The summed E-state index contributed by atoms with van der Waals surface area (Å²) >= 11 is 3.51. The van der Waals surface area contributed by atoms with Gasteiger partial charge in [-0.2, -0.15) is 0 Å². The first-order chi connectivity index (χ1) is 6.97. The van der Waals surface area contributed by atoms with Crippen LogP contribution in [0, 0.1) is 13.8 Å². The Morgan fingerprint density at radius 3 is 2.47 bits per heavy atom. The minimum absolute atomic E-state index is 0.354. The van der Waals surface area contributed by atoms with Crippen LogP contribution in [0.2, 0.25) is 0 Å². The van der Waals surface area contributed by atoms with Crippen LogP contribution in [0.15, 0.2) is 10.5 Å². The first-order valence-electron chi connectivity index (χ1n) is 4.98. The Bertz CT molecular complexity index is 359. The molecule has 1 N–H and O–H groups in total. The predicted octanol–water partition coefficient (Wildman–Crippen LogP) is 3.00. The molecule has 0 saturated heterocycles. The van der Waals surface area contributed by atoms with Crippen molar-refractivity contribution in [2.75, 3.05) is 7.11 Å². The maximum atomic E-state index is 9.44. The Morgan fingerprint density at radius 2 is 2.00 bits per heavy atom. The molecule has 15 heavy (non-hydrogen) atoms. The van der Waals surface area contributed by atoms with Crippen LogP contribution in [0.5, 0.6) is 5.75 Å². The van der Waals surface area contributed by atoms with Gasteiger partial charge in [0.2, 0.25) is 0 Å². The second-order valence-corrected chi connectivity index (χ2v) is 4.68. The standard InChI is InChI=1S/C12H17BrO2/c1-7-5-8(2)11(13)12(15-4)10(7)6-9(3)14/h5,9,14H,6H2,1-4H3. The average molecular weight is 273 g/mol. The lowest BCUT2D eigenvalue weighted by Crippen LogP contribution is -2.08. The molecule has 0 aliphatic rings. The topological polar surface area (TPSA) is 29.5 Å². The highest BCUT2D eigenvalue weighted by atomic mass is 79.9. The minimum atomic E-state index is -0.354. The van der Waals surface area contributed by atoms with Gasteiger partial charge in [-0.1, -0.05) is 6.07 Å². The highest BCUT2D eigenvalue weighted by molar-refractivity contribution is 9.10. The molecule has 1 unspecified atom stereocenters. The molecule has 0 saturated carbocycles. The van der Waals surface area contributed by atoms with Crippen LogP contribution in [-0.4, -0.2) is 18.3 Å².